The van der Waals surface area contributed by atoms with E-state index in [9.17, 15) is 9.59 Å². The van der Waals surface area contributed by atoms with Gasteiger partial charge in [-0.3, -0.25) is 4.79 Å². The van der Waals surface area contributed by atoms with Gasteiger partial charge in [-0.15, -0.1) is 0 Å². The second-order valence-corrected chi connectivity index (χ2v) is 6.11. The smallest absolute Gasteiger partial charge is 0.338 e. The third-order valence-corrected chi connectivity index (χ3v) is 3.76. The van der Waals surface area contributed by atoms with E-state index in [0.29, 0.717) is 30.7 Å². The zero-order valence-electron chi connectivity index (χ0n) is 14.7. The Hall–Kier alpha value is -2.73. The Bertz CT molecular complexity index is 745. The molecule has 5 nitrogen and oxygen atoms in total. The third-order valence-electron chi connectivity index (χ3n) is 3.55. The first-order valence-electron chi connectivity index (χ1n) is 8.50. The lowest BCUT2D eigenvalue weighted by Gasteiger charge is -2.10. The molecule has 0 saturated carbocycles. The summed E-state index contributed by atoms with van der Waals surface area (Å²) in [6.45, 7) is 2.34. The van der Waals surface area contributed by atoms with E-state index < -0.39 is 0 Å². The van der Waals surface area contributed by atoms with Gasteiger partial charge in [0.2, 0.25) is 5.91 Å². The molecule has 2 aromatic carbocycles. The van der Waals surface area contributed by atoms with E-state index in [-0.39, 0.29) is 17.0 Å². The molecule has 0 aliphatic carbocycles. The molecule has 2 N–H and O–H groups in total. The number of amides is 1. The molecule has 0 saturated heterocycles. The van der Waals surface area contributed by atoms with Crippen LogP contribution in [-0.4, -0.2) is 23.6 Å². The van der Waals surface area contributed by atoms with Crippen LogP contribution < -0.4 is 10.6 Å². The quantitative estimate of drug-likeness (QED) is 0.575. The number of aryl methyl sites for hydroxylation is 1. The van der Waals surface area contributed by atoms with Crippen LogP contribution in [0.15, 0.2) is 54.6 Å². The van der Waals surface area contributed by atoms with Crippen LogP contribution in [0.1, 0.15) is 35.7 Å². The van der Waals surface area contributed by atoms with E-state index in [4.69, 9.17) is 17.0 Å². The molecule has 0 fully saturated rings. The molecule has 0 aliphatic heterocycles. The third kappa shape index (κ3) is 6.64. The molecule has 2 aromatic rings. The van der Waals surface area contributed by atoms with Crippen molar-refractivity contribution in [2.75, 3.05) is 11.9 Å². The largest absolute Gasteiger partial charge is 0.462 e. The summed E-state index contributed by atoms with van der Waals surface area (Å²) in [6.07, 6.45) is 1.79. The normalized spacial score (nSPS) is 10.0. The molecule has 0 spiro atoms. The van der Waals surface area contributed by atoms with Gasteiger partial charge in [-0.1, -0.05) is 37.3 Å². The minimum absolute atomic E-state index is 0.147. The van der Waals surface area contributed by atoms with E-state index in [1.807, 2.05) is 37.3 Å². The highest BCUT2D eigenvalue weighted by molar-refractivity contribution is 7.80. The molecule has 0 unspecified atom stereocenters. The van der Waals surface area contributed by atoms with Crippen molar-refractivity contribution in [1.29, 1.82) is 0 Å². The van der Waals surface area contributed by atoms with Crippen molar-refractivity contribution in [2.24, 2.45) is 0 Å². The molecule has 0 radical (unpaired) electrons. The highest BCUT2D eigenvalue weighted by Gasteiger charge is 2.08. The highest BCUT2D eigenvalue weighted by atomic mass is 32.1. The number of ether oxygens (including phenoxy) is 1. The maximum Gasteiger partial charge on any atom is 0.338 e. The molecule has 136 valence electrons. The second-order valence-electron chi connectivity index (χ2n) is 5.70. The number of thiocarbonyl (C=S) groups is 1. The molecule has 0 aromatic heterocycles. The number of nitrogens with one attached hydrogen (secondary N) is 2. The zero-order chi connectivity index (χ0) is 18.8. The van der Waals surface area contributed by atoms with E-state index in [1.54, 1.807) is 24.3 Å². The molecule has 0 aliphatic rings. The van der Waals surface area contributed by atoms with Gasteiger partial charge in [-0.05, 0) is 54.9 Å². The summed E-state index contributed by atoms with van der Waals surface area (Å²) < 4.78 is 5.07. The number of hydrogen-bond acceptors (Lipinski definition) is 4. The fourth-order valence-corrected chi connectivity index (χ4v) is 2.45. The van der Waals surface area contributed by atoms with Gasteiger partial charge >= 0.3 is 5.97 Å². The Morgan fingerprint density at radius 3 is 2.38 bits per heavy atom. The second kappa shape index (κ2) is 10.3. The lowest BCUT2D eigenvalue weighted by molar-refractivity contribution is -0.119. The van der Waals surface area contributed by atoms with Crippen molar-refractivity contribution < 1.29 is 14.3 Å². The Kier molecular flexibility index (Phi) is 7.76. The van der Waals surface area contributed by atoms with Crippen molar-refractivity contribution in [1.82, 2.24) is 5.32 Å². The first kappa shape index (κ1) is 19.6. The minimum Gasteiger partial charge on any atom is -0.462 e. The Morgan fingerprint density at radius 2 is 1.73 bits per heavy atom. The SMILES string of the molecule is CCCOC(=O)c1ccc(NC(=S)NC(=O)CCc2ccccc2)cc1. The van der Waals surface area contributed by atoms with Gasteiger partial charge in [0.05, 0.1) is 12.2 Å². The molecule has 2 rings (SSSR count). The number of esters is 1. The van der Waals surface area contributed by atoms with Crippen molar-refractivity contribution >= 4 is 34.9 Å². The maximum absolute atomic E-state index is 12.0. The van der Waals surface area contributed by atoms with Gasteiger partial charge in [-0.2, -0.15) is 0 Å². The van der Waals surface area contributed by atoms with Crippen LogP contribution in [0.25, 0.3) is 0 Å². The van der Waals surface area contributed by atoms with Crippen LogP contribution in [-0.2, 0) is 16.0 Å². The van der Waals surface area contributed by atoms with Gasteiger partial charge in [0.15, 0.2) is 5.11 Å². The van der Waals surface area contributed by atoms with Gasteiger partial charge in [-0.25, -0.2) is 4.79 Å². The van der Waals surface area contributed by atoms with E-state index >= 15 is 0 Å². The summed E-state index contributed by atoms with van der Waals surface area (Å²) in [4.78, 5) is 23.7. The number of rotatable bonds is 7. The molecule has 1 amide bonds. The number of anilines is 1. The van der Waals surface area contributed by atoms with Gasteiger partial charge in [0, 0.05) is 12.1 Å². The van der Waals surface area contributed by atoms with Crippen LogP contribution in [0.3, 0.4) is 0 Å². The fraction of sp³-hybridized carbons (Fsp3) is 0.250. The summed E-state index contributed by atoms with van der Waals surface area (Å²) in [6, 6.07) is 16.5. The molecule has 0 bridgehead atoms. The Labute approximate surface area is 158 Å². The van der Waals surface area contributed by atoms with Gasteiger partial charge < -0.3 is 15.4 Å². The summed E-state index contributed by atoms with van der Waals surface area (Å²) in [7, 11) is 0. The summed E-state index contributed by atoms with van der Waals surface area (Å²) in [5.41, 5.74) is 2.26. The van der Waals surface area contributed by atoms with E-state index in [1.165, 1.54) is 0 Å². The van der Waals surface area contributed by atoms with Crippen LogP contribution in [0.2, 0.25) is 0 Å². The molecule has 26 heavy (non-hydrogen) atoms. The number of carbonyl (C=O) groups is 2. The monoisotopic (exact) mass is 370 g/mol. The Morgan fingerprint density at radius 1 is 1.04 bits per heavy atom. The number of benzene rings is 2. The molecule has 0 heterocycles. The predicted molar refractivity (Wildman–Crippen MR) is 106 cm³/mol. The topological polar surface area (TPSA) is 67.4 Å². The highest BCUT2D eigenvalue weighted by Crippen LogP contribution is 2.11. The zero-order valence-corrected chi connectivity index (χ0v) is 15.5. The first-order chi connectivity index (χ1) is 12.6. The average molecular weight is 370 g/mol. The number of carbonyl (C=O) groups excluding carboxylic acids is 2. The predicted octanol–water partition coefficient (Wildman–Crippen LogP) is 3.70. The molecular weight excluding hydrogens is 348 g/mol. The first-order valence-corrected chi connectivity index (χ1v) is 8.91. The van der Waals surface area contributed by atoms with E-state index in [2.05, 4.69) is 10.6 Å². The maximum atomic E-state index is 12.0. The van der Waals surface area contributed by atoms with Crippen molar-refractivity contribution in [2.45, 2.75) is 26.2 Å². The average Bonchev–Trinajstić information content (AvgIpc) is 2.65. The Balaban J connectivity index is 1.78. The van der Waals surface area contributed by atoms with Crippen molar-refractivity contribution in [3.63, 3.8) is 0 Å². The lowest BCUT2D eigenvalue weighted by Crippen LogP contribution is -2.34. The summed E-state index contributed by atoms with van der Waals surface area (Å²) in [5, 5.41) is 5.81. The minimum atomic E-state index is -0.352. The summed E-state index contributed by atoms with van der Waals surface area (Å²) >= 11 is 5.15. The standard InChI is InChI=1S/C20H22N2O3S/c1-2-14-25-19(24)16-9-11-17(12-10-16)21-20(26)22-18(23)13-8-15-6-4-3-5-7-15/h3-7,9-12H,2,8,13-14H2,1H3,(H2,21,22,23,26). The van der Waals surface area contributed by atoms with Crippen molar-refractivity contribution in [3.8, 4) is 0 Å². The molecular formula is C20H22N2O3S. The van der Waals surface area contributed by atoms with Crippen LogP contribution >= 0.6 is 12.2 Å². The summed E-state index contributed by atoms with van der Waals surface area (Å²) in [5.74, 6) is -0.499. The lowest BCUT2D eigenvalue weighted by atomic mass is 10.1. The van der Waals surface area contributed by atoms with Crippen LogP contribution in [0, 0.1) is 0 Å². The van der Waals surface area contributed by atoms with E-state index in [0.717, 1.165) is 12.0 Å². The van der Waals surface area contributed by atoms with Gasteiger partial charge in [0.25, 0.3) is 0 Å². The molecule has 0 atom stereocenters. The van der Waals surface area contributed by atoms with Crippen molar-refractivity contribution in [3.05, 3.63) is 65.7 Å². The van der Waals surface area contributed by atoms with Crippen LogP contribution in [0.5, 0.6) is 0 Å². The molecule has 6 heteroatoms. The number of hydrogen-bond donors (Lipinski definition) is 2. The fourth-order valence-electron chi connectivity index (χ4n) is 2.22. The van der Waals surface area contributed by atoms with Gasteiger partial charge in [0.1, 0.15) is 0 Å². The van der Waals surface area contributed by atoms with Crippen LogP contribution in [0.4, 0.5) is 5.69 Å².